The number of nitrogen functional groups attached to an aromatic ring is 1. The van der Waals surface area contributed by atoms with Gasteiger partial charge < -0.3 is 5.73 Å². The molecule has 7 heteroatoms. The molecule has 0 amide bonds. The Hall–Kier alpha value is -0.820. The third-order valence-corrected chi connectivity index (χ3v) is 6.60. The van der Waals surface area contributed by atoms with Gasteiger partial charge in [-0.15, -0.1) is 0 Å². The predicted octanol–water partition coefficient (Wildman–Crippen LogP) is 1.78. The summed E-state index contributed by atoms with van der Waals surface area (Å²) in [5.74, 6) is 0. The Morgan fingerprint density at radius 2 is 2.00 bits per heavy atom. The van der Waals surface area contributed by atoms with E-state index in [1.54, 1.807) is 10.4 Å². The second kappa shape index (κ2) is 5.76. The SMILES string of the molecule is Nc1ccc(S(=O)(=O)N2CCN3CCCCC3C2)cc1Cl. The summed E-state index contributed by atoms with van der Waals surface area (Å²) < 4.78 is 27.1. The third-order valence-electron chi connectivity index (χ3n) is 4.41. The second-order valence-electron chi connectivity index (χ2n) is 5.73. The lowest BCUT2D eigenvalue weighted by Crippen LogP contribution is -2.56. The second-order valence-corrected chi connectivity index (χ2v) is 8.08. The molecule has 2 aliphatic heterocycles. The highest BCUT2D eigenvalue weighted by atomic mass is 35.5. The summed E-state index contributed by atoms with van der Waals surface area (Å²) >= 11 is 5.95. The fraction of sp³-hybridized carbons (Fsp3) is 0.571. The van der Waals surface area contributed by atoms with Gasteiger partial charge >= 0.3 is 0 Å². The maximum Gasteiger partial charge on any atom is 0.243 e. The molecule has 0 bridgehead atoms. The van der Waals surface area contributed by atoms with E-state index in [4.69, 9.17) is 17.3 Å². The monoisotopic (exact) mass is 329 g/mol. The van der Waals surface area contributed by atoms with Crippen molar-refractivity contribution in [3.05, 3.63) is 23.2 Å². The Kier molecular flexibility index (Phi) is 4.14. The van der Waals surface area contributed by atoms with Gasteiger partial charge in [0.1, 0.15) is 0 Å². The highest BCUT2D eigenvalue weighted by Crippen LogP contribution is 2.28. The Morgan fingerprint density at radius 3 is 2.76 bits per heavy atom. The van der Waals surface area contributed by atoms with Gasteiger partial charge in [-0.3, -0.25) is 4.90 Å². The zero-order chi connectivity index (χ0) is 15.0. The van der Waals surface area contributed by atoms with Crippen LogP contribution in [0.2, 0.25) is 5.02 Å². The van der Waals surface area contributed by atoms with E-state index in [2.05, 4.69) is 4.90 Å². The smallest absolute Gasteiger partial charge is 0.243 e. The van der Waals surface area contributed by atoms with Crippen LogP contribution in [0.15, 0.2) is 23.1 Å². The number of hydrogen-bond acceptors (Lipinski definition) is 4. The topological polar surface area (TPSA) is 66.6 Å². The molecule has 2 aliphatic rings. The van der Waals surface area contributed by atoms with Gasteiger partial charge in [0, 0.05) is 25.7 Å². The number of piperidine rings is 1. The van der Waals surface area contributed by atoms with Crippen molar-refractivity contribution in [2.24, 2.45) is 0 Å². The maximum absolute atomic E-state index is 12.7. The van der Waals surface area contributed by atoms with Gasteiger partial charge in [-0.1, -0.05) is 18.0 Å². The summed E-state index contributed by atoms with van der Waals surface area (Å²) in [5.41, 5.74) is 6.05. The summed E-state index contributed by atoms with van der Waals surface area (Å²) in [5, 5.41) is 0.285. The quantitative estimate of drug-likeness (QED) is 0.840. The van der Waals surface area contributed by atoms with E-state index in [9.17, 15) is 8.42 Å². The predicted molar refractivity (Wildman–Crippen MR) is 83.8 cm³/mol. The fourth-order valence-electron chi connectivity index (χ4n) is 3.16. The van der Waals surface area contributed by atoms with Gasteiger partial charge in [-0.05, 0) is 37.6 Å². The van der Waals surface area contributed by atoms with Gasteiger partial charge in [0.2, 0.25) is 10.0 Å². The number of rotatable bonds is 2. The molecule has 0 aliphatic carbocycles. The summed E-state index contributed by atoms with van der Waals surface area (Å²) in [4.78, 5) is 2.64. The van der Waals surface area contributed by atoms with Crippen molar-refractivity contribution in [1.82, 2.24) is 9.21 Å². The van der Waals surface area contributed by atoms with Crippen molar-refractivity contribution >= 4 is 27.3 Å². The van der Waals surface area contributed by atoms with Crippen LogP contribution in [0.5, 0.6) is 0 Å². The van der Waals surface area contributed by atoms with Crippen LogP contribution in [0.25, 0.3) is 0 Å². The summed E-state index contributed by atoms with van der Waals surface area (Å²) in [6.45, 7) is 3.02. The van der Waals surface area contributed by atoms with Crippen LogP contribution in [0.1, 0.15) is 19.3 Å². The van der Waals surface area contributed by atoms with Crippen LogP contribution in [0.3, 0.4) is 0 Å². The molecule has 2 fully saturated rings. The first-order chi connectivity index (χ1) is 9.98. The highest BCUT2D eigenvalue weighted by Gasteiger charge is 2.35. The molecule has 2 N–H and O–H groups in total. The van der Waals surface area contributed by atoms with E-state index in [0.29, 0.717) is 24.8 Å². The number of hydrogen-bond donors (Lipinski definition) is 1. The average molecular weight is 330 g/mol. The van der Waals surface area contributed by atoms with E-state index in [0.717, 1.165) is 19.5 Å². The van der Waals surface area contributed by atoms with E-state index in [1.165, 1.54) is 25.0 Å². The van der Waals surface area contributed by atoms with Crippen LogP contribution in [-0.2, 0) is 10.0 Å². The first kappa shape index (κ1) is 15.1. The Labute approximate surface area is 130 Å². The van der Waals surface area contributed by atoms with Crippen LogP contribution in [0.4, 0.5) is 5.69 Å². The van der Waals surface area contributed by atoms with Crippen LogP contribution >= 0.6 is 11.6 Å². The van der Waals surface area contributed by atoms with E-state index in [-0.39, 0.29) is 9.92 Å². The Morgan fingerprint density at radius 1 is 1.19 bits per heavy atom. The lowest BCUT2D eigenvalue weighted by molar-refractivity contribution is 0.0852. The molecule has 0 radical (unpaired) electrons. The zero-order valence-electron chi connectivity index (χ0n) is 11.8. The van der Waals surface area contributed by atoms with Crippen LogP contribution in [-0.4, -0.2) is 49.8 Å². The van der Waals surface area contributed by atoms with Gasteiger partial charge in [-0.25, -0.2) is 8.42 Å². The first-order valence-electron chi connectivity index (χ1n) is 7.28. The summed E-state index contributed by atoms with van der Waals surface area (Å²) in [6.07, 6.45) is 3.48. The highest BCUT2D eigenvalue weighted by molar-refractivity contribution is 7.89. The largest absolute Gasteiger partial charge is 0.398 e. The standard InChI is InChI=1S/C14H20ClN3O2S/c15-13-9-12(4-5-14(13)16)21(19,20)18-8-7-17-6-2-1-3-11(17)10-18/h4-5,9,11H,1-3,6-8,10,16H2. The van der Waals surface area contributed by atoms with Crippen molar-refractivity contribution in [3.63, 3.8) is 0 Å². The molecule has 2 heterocycles. The van der Waals surface area contributed by atoms with Gasteiger partial charge in [-0.2, -0.15) is 4.31 Å². The molecule has 1 aromatic carbocycles. The number of benzene rings is 1. The molecule has 116 valence electrons. The molecular weight excluding hydrogens is 310 g/mol. The van der Waals surface area contributed by atoms with E-state index >= 15 is 0 Å². The molecular formula is C14H20ClN3O2S. The van der Waals surface area contributed by atoms with Crippen molar-refractivity contribution in [3.8, 4) is 0 Å². The van der Waals surface area contributed by atoms with Gasteiger partial charge in [0.05, 0.1) is 15.6 Å². The van der Waals surface area contributed by atoms with Gasteiger partial charge in [0.15, 0.2) is 0 Å². The number of nitrogens with two attached hydrogens (primary N) is 1. The Bertz CT molecular complexity index is 635. The minimum Gasteiger partial charge on any atom is -0.398 e. The normalized spacial score (nSPS) is 24.7. The van der Waals surface area contributed by atoms with Crippen LogP contribution < -0.4 is 5.73 Å². The number of piperazine rings is 1. The molecule has 5 nitrogen and oxygen atoms in total. The van der Waals surface area contributed by atoms with E-state index in [1.807, 2.05) is 0 Å². The molecule has 3 rings (SSSR count). The molecule has 21 heavy (non-hydrogen) atoms. The zero-order valence-corrected chi connectivity index (χ0v) is 13.4. The molecule has 1 unspecified atom stereocenters. The minimum absolute atomic E-state index is 0.228. The van der Waals surface area contributed by atoms with Crippen molar-refractivity contribution in [2.45, 2.75) is 30.2 Å². The number of nitrogens with zero attached hydrogens (tertiary/aromatic N) is 2. The molecule has 0 saturated carbocycles. The van der Waals surface area contributed by atoms with Crippen molar-refractivity contribution in [2.75, 3.05) is 31.9 Å². The summed E-state index contributed by atoms with van der Waals surface area (Å²) in [6, 6.07) is 4.88. The van der Waals surface area contributed by atoms with Crippen LogP contribution in [0, 0.1) is 0 Å². The third kappa shape index (κ3) is 2.90. The number of sulfonamides is 1. The first-order valence-corrected chi connectivity index (χ1v) is 9.09. The molecule has 1 aromatic rings. The summed E-state index contributed by atoms with van der Waals surface area (Å²) in [7, 11) is -3.49. The fourth-order valence-corrected chi connectivity index (χ4v) is 4.90. The molecule has 2 saturated heterocycles. The molecule has 0 spiro atoms. The van der Waals surface area contributed by atoms with E-state index < -0.39 is 10.0 Å². The number of halogens is 1. The van der Waals surface area contributed by atoms with Gasteiger partial charge in [0.25, 0.3) is 0 Å². The average Bonchev–Trinajstić information content (AvgIpc) is 2.49. The molecule has 1 atom stereocenters. The van der Waals surface area contributed by atoms with Crippen molar-refractivity contribution in [1.29, 1.82) is 0 Å². The number of anilines is 1. The lowest BCUT2D eigenvalue weighted by atomic mass is 10.0. The Balaban J connectivity index is 1.83. The minimum atomic E-state index is -3.49. The maximum atomic E-state index is 12.7. The van der Waals surface area contributed by atoms with Crippen molar-refractivity contribution < 1.29 is 8.42 Å². The lowest BCUT2D eigenvalue weighted by Gasteiger charge is -2.43. The molecule has 0 aromatic heterocycles. The number of fused-ring (bicyclic) bond motifs is 1.